The van der Waals surface area contributed by atoms with Gasteiger partial charge >= 0.3 is 11.7 Å². The summed E-state index contributed by atoms with van der Waals surface area (Å²) in [6.45, 7) is -0.814. The summed E-state index contributed by atoms with van der Waals surface area (Å²) in [5.41, 5.74) is -2.01. The van der Waals surface area contributed by atoms with Crippen LogP contribution in [-0.2, 0) is 10.7 Å². The molecular weight excluding hydrogens is 254 g/mol. The van der Waals surface area contributed by atoms with E-state index in [1.54, 1.807) is 4.98 Å². The van der Waals surface area contributed by atoms with Crippen LogP contribution < -0.4 is 11.2 Å². The van der Waals surface area contributed by atoms with Gasteiger partial charge in [0.25, 0.3) is 5.56 Å². The SMILES string of the molecule is O=c1ccn([C@]2(F)O[C@H](CO)[C@@H](O)[C@H]2F)c(=O)[nH]1. The van der Waals surface area contributed by atoms with E-state index < -0.39 is 42.2 Å². The summed E-state index contributed by atoms with van der Waals surface area (Å²) in [5, 5.41) is 18.1. The Balaban J connectivity index is 2.49. The number of hydrogen-bond acceptors (Lipinski definition) is 5. The van der Waals surface area contributed by atoms with Gasteiger partial charge in [0.2, 0.25) is 6.17 Å². The summed E-state index contributed by atoms with van der Waals surface area (Å²) in [5.74, 6) is -3.27. The number of aliphatic hydroxyl groups excluding tert-OH is 2. The van der Waals surface area contributed by atoms with Gasteiger partial charge in [-0.3, -0.25) is 9.78 Å². The van der Waals surface area contributed by atoms with E-state index in [1.807, 2.05) is 0 Å². The number of H-pyrrole nitrogens is 1. The minimum atomic E-state index is -3.27. The lowest BCUT2D eigenvalue weighted by molar-refractivity contribution is -0.226. The molecule has 3 N–H and O–H groups in total. The Kier molecular flexibility index (Phi) is 3.05. The number of halogens is 2. The van der Waals surface area contributed by atoms with Crippen molar-refractivity contribution in [1.82, 2.24) is 9.55 Å². The molecule has 0 aromatic carbocycles. The van der Waals surface area contributed by atoms with E-state index in [9.17, 15) is 23.5 Å². The van der Waals surface area contributed by atoms with Crippen LogP contribution >= 0.6 is 0 Å². The fraction of sp³-hybridized carbons (Fsp3) is 0.556. The Morgan fingerprint density at radius 3 is 2.72 bits per heavy atom. The van der Waals surface area contributed by atoms with Gasteiger partial charge in [0.15, 0.2) is 0 Å². The van der Waals surface area contributed by atoms with E-state index in [0.717, 1.165) is 6.07 Å². The third-order valence-corrected chi connectivity index (χ3v) is 2.67. The van der Waals surface area contributed by atoms with Crippen molar-refractivity contribution in [3.63, 3.8) is 0 Å². The first-order chi connectivity index (χ1) is 8.40. The second-order valence-electron chi connectivity index (χ2n) is 3.82. The van der Waals surface area contributed by atoms with Crippen molar-refractivity contribution in [2.75, 3.05) is 6.61 Å². The minimum Gasteiger partial charge on any atom is -0.394 e. The fourth-order valence-corrected chi connectivity index (χ4v) is 1.74. The average molecular weight is 264 g/mol. The number of aliphatic hydroxyl groups is 2. The summed E-state index contributed by atoms with van der Waals surface area (Å²) >= 11 is 0. The van der Waals surface area contributed by atoms with E-state index in [4.69, 9.17) is 5.11 Å². The zero-order valence-corrected chi connectivity index (χ0v) is 8.92. The third-order valence-electron chi connectivity index (χ3n) is 2.67. The average Bonchev–Trinajstić information content (AvgIpc) is 2.54. The molecule has 9 heteroatoms. The van der Waals surface area contributed by atoms with Gasteiger partial charge < -0.3 is 14.9 Å². The molecule has 7 nitrogen and oxygen atoms in total. The number of alkyl halides is 2. The Morgan fingerprint density at radius 2 is 2.22 bits per heavy atom. The summed E-state index contributed by atoms with van der Waals surface area (Å²) in [4.78, 5) is 23.9. The first-order valence-corrected chi connectivity index (χ1v) is 5.02. The van der Waals surface area contributed by atoms with Gasteiger partial charge in [-0.25, -0.2) is 13.8 Å². The molecule has 0 saturated carbocycles. The first-order valence-electron chi connectivity index (χ1n) is 5.02. The van der Waals surface area contributed by atoms with Crippen LogP contribution in [0.1, 0.15) is 0 Å². The molecule has 1 aliphatic heterocycles. The standard InChI is InChI=1S/C9H10F2N2O5/c10-7-6(16)4(3-14)18-9(7,11)13-2-1-5(15)12-8(13)17/h1-2,4,6-7,14,16H,3H2,(H,12,15,17)/t4-,6-,7-,9+/m1/s1. The summed E-state index contributed by atoms with van der Waals surface area (Å²) in [7, 11) is 0. The normalized spacial score (nSPS) is 35.9. The number of nitrogens with zero attached hydrogens (tertiary/aromatic N) is 1. The maximum atomic E-state index is 14.3. The predicted octanol–water partition coefficient (Wildman–Crippen LogP) is -1.79. The zero-order valence-electron chi connectivity index (χ0n) is 8.92. The maximum absolute atomic E-state index is 14.3. The van der Waals surface area contributed by atoms with Crippen LogP contribution in [0.4, 0.5) is 8.78 Å². The molecule has 1 aliphatic rings. The van der Waals surface area contributed by atoms with Gasteiger partial charge in [-0.2, -0.15) is 4.39 Å². The number of aromatic amines is 1. The van der Waals surface area contributed by atoms with Crippen molar-refractivity contribution in [2.45, 2.75) is 24.4 Å². The van der Waals surface area contributed by atoms with Gasteiger partial charge in [-0.15, -0.1) is 0 Å². The molecule has 0 spiro atoms. The van der Waals surface area contributed by atoms with E-state index in [1.165, 1.54) is 0 Å². The smallest absolute Gasteiger partial charge is 0.332 e. The molecule has 18 heavy (non-hydrogen) atoms. The lowest BCUT2D eigenvalue weighted by Crippen LogP contribution is -2.46. The van der Waals surface area contributed by atoms with Gasteiger partial charge in [0, 0.05) is 12.3 Å². The van der Waals surface area contributed by atoms with Crippen LogP contribution in [-0.4, -0.2) is 44.8 Å². The van der Waals surface area contributed by atoms with Crippen LogP contribution in [0.2, 0.25) is 0 Å². The predicted molar refractivity (Wildman–Crippen MR) is 53.3 cm³/mol. The highest BCUT2D eigenvalue weighted by molar-refractivity contribution is 4.97. The molecule has 2 heterocycles. The van der Waals surface area contributed by atoms with Crippen molar-refractivity contribution in [2.24, 2.45) is 0 Å². The van der Waals surface area contributed by atoms with Crippen molar-refractivity contribution in [3.05, 3.63) is 33.1 Å². The largest absolute Gasteiger partial charge is 0.394 e. The first kappa shape index (κ1) is 12.9. The zero-order chi connectivity index (χ0) is 13.5. The Labute approximate surface area is 98.3 Å². The number of aromatic nitrogens is 2. The fourth-order valence-electron chi connectivity index (χ4n) is 1.74. The third kappa shape index (κ3) is 1.76. The second kappa shape index (κ2) is 4.26. The van der Waals surface area contributed by atoms with Gasteiger partial charge in [-0.05, 0) is 0 Å². The highest BCUT2D eigenvalue weighted by Gasteiger charge is 2.58. The van der Waals surface area contributed by atoms with Crippen molar-refractivity contribution >= 4 is 0 Å². The Hall–Kier alpha value is -1.58. The van der Waals surface area contributed by atoms with Crippen LogP contribution in [0.15, 0.2) is 21.9 Å². The lowest BCUT2D eigenvalue weighted by atomic mass is 10.1. The topological polar surface area (TPSA) is 105 Å². The van der Waals surface area contributed by atoms with E-state index in [0.29, 0.717) is 6.20 Å². The lowest BCUT2D eigenvalue weighted by Gasteiger charge is -2.23. The van der Waals surface area contributed by atoms with Gasteiger partial charge in [0.1, 0.15) is 12.2 Å². The molecule has 1 aromatic heterocycles. The molecule has 0 unspecified atom stereocenters. The molecule has 2 rings (SSSR count). The van der Waals surface area contributed by atoms with Crippen molar-refractivity contribution in [3.8, 4) is 0 Å². The molecule has 0 radical (unpaired) electrons. The summed E-state index contributed by atoms with van der Waals surface area (Å²) in [6.07, 6.45) is -5.28. The highest BCUT2D eigenvalue weighted by atomic mass is 19.2. The van der Waals surface area contributed by atoms with E-state index in [2.05, 4.69) is 4.74 Å². The molecule has 0 aliphatic carbocycles. The highest BCUT2D eigenvalue weighted by Crippen LogP contribution is 2.37. The molecule has 100 valence electrons. The van der Waals surface area contributed by atoms with Crippen LogP contribution in [0.25, 0.3) is 0 Å². The van der Waals surface area contributed by atoms with Crippen LogP contribution in [0, 0.1) is 0 Å². The molecule has 0 amide bonds. The van der Waals surface area contributed by atoms with Gasteiger partial charge in [0.05, 0.1) is 6.61 Å². The molecule has 1 fully saturated rings. The maximum Gasteiger partial charge on any atom is 0.332 e. The Bertz CT molecular complexity index is 558. The van der Waals surface area contributed by atoms with Gasteiger partial charge in [-0.1, -0.05) is 0 Å². The minimum absolute atomic E-state index is 0.179. The molecule has 1 aromatic rings. The van der Waals surface area contributed by atoms with E-state index in [-0.39, 0.29) is 4.57 Å². The quantitative estimate of drug-likeness (QED) is 0.585. The molecule has 1 saturated heterocycles. The summed E-state index contributed by atoms with van der Waals surface area (Å²) in [6, 6.07) is 0.803. The molecule has 4 atom stereocenters. The van der Waals surface area contributed by atoms with Crippen LogP contribution in [0.5, 0.6) is 0 Å². The Morgan fingerprint density at radius 1 is 1.56 bits per heavy atom. The monoisotopic (exact) mass is 264 g/mol. The molecular formula is C9H10F2N2O5. The van der Waals surface area contributed by atoms with E-state index >= 15 is 0 Å². The number of ether oxygens (including phenoxy) is 1. The number of rotatable bonds is 2. The molecule has 0 bridgehead atoms. The second-order valence-corrected chi connectivity index (χ2v) is 3.82. The number of nitrogens with one attached hydrogen (secondary N) is 1. The van der Waals surface area contributed by atoms with Crippen molar-refractivity contribution in [1.29, 1.82) is 0 Å². The van der Waals surface area contributed by atoms with Crippen molar-refractivity contribution < 1.29 is 23.7 Å². The number of hydrogen-bond donors (Lipinski definition) is 3. The van der Waals surface area contributed by atoms with Crippen LogP contribution in [0.3, 0.4) is 0 Å². The summed E-state index contributed by atoms with van der Waals surface area (Å²) < 4.78 is 32.7.